The first-order chi connectivity index (χ1) is 16.2. The van der Waals surface area contributed by atoms with E-state index in [2.05, 4.69) is 54.5 Å². The van der Waals surface area contributed by atoms with Crippen molar-refractivity contribution in [1.29, 1.82) is 5.26 Å². The lowest BCUT2D eigenvalue weighted by Gasteiger charge is -2.71. The van der Waals surface area contributed by atoms with Crippen LogP contribution in [0.1, 0.15) is 99.8 Å². The topological polar surface area (TPSA) is 73.5 Å². The zero-order valence-corrected chi connectivity index (χ0v) is 23.3. The third-order valence-corrected chi connectivity index (χ3v) is 14.8. The van der Waals surface area contributed by atoms with Gasteiger partial charge in [0.15, 0.2) is 0 Å². The quantitative estimate of drug-likeness (QED) is 0.483. The number of ether oxygens (including phenoxy) is 1. The number of nitrogens with zero attached hydrogens (tertiary/aromatic N) is 1. The van der Waals surface area contributed by atoms with E-state index in [1.54, 1.807) is 0 Å². The Hall–Kier alpha value is -0.630. The number of aliphatic hydroxyl groups is 2. The molecule has 5 aliphatic carbocycles. The Balaban J connectivity index is 1.44. The second-order valence-electron chi connectivity index (χ2n) is 16.0. The highest BCUT2D eigenvalue weighted by Gasteiger charge is 2.78. The van der Waals surface area contributed by atoms with Gasteiger partial charge in [0.1, 0.15) is 5.60 Å². The van der Waals surface area contributed by atoms with Crippen molar-refractivity contribution >= 4 is 0 Å². The number of hydrogen-bond donors (Lipinski definition) is 2. The van der Waals surface area contributed by atoms with Crippen molar-refractivity contribution in [3.8, 4) is 6.07 Å². The minimum atomic E-state index is -1.35. The minimum Gasteiger partial charge on any atom is -0.393 e. The molecule has 0 amide bonds. The van der Waals surface area contributed by atoms with Crippen molar-refractivity contribution in [2.75, 3.05) is 13.2 Å². The third kappa shape index (κ3) is 2.47. The van der Waals surface area contributed by atoms with Crippen LogP contribution in [0.5, 0.6) is 0 Å². The van der Waals surface area contributed by atoms with Gasteiger partial charge in [0.05, 0.1) is 31.3 Å². The maximum atomic E-state index is 11.9. The van der Waals surface area contributed by atoms with E-state index in [9.17, 15) is 15.5 Å². The van der Waals surface area contributed by atoms with Gasteiger partial charge in [-0.05, 0) is 102 Å². The number of aliphatic hydroxyl groups excluding tert-OH is 1. The summed E-state index contributed by atoms with van der Waals surface area (Å²) in [6.45, 7) is 17.2. The van der Waals surface area contributed by atoms with E-state index in [1.807, 2.05) is 0 Å². The first-order valence-electron chi connectivity index (χ1n) is 14.5. The summed E-state index contributed by atoms with van der Waals surface area (Å²) in [7, 11) is 0. The van der Waals surface area contributed by atoms with E-state index >= 15 is 0 Å². The largest absolute Gasteiger partial charge is 0.393 e. The number of rotatable bonds is 1. The molecule has 35 heavy (non-hydrogen) atoms. The molecular weight excluding hydrogens is 434 g/mol. The Labute approximate surface area is 213 Å². The molecule has 1 saturated heterocycles. The lowest BCUT2D eigenvalue weighted by atomic mass is 9.33. The molecule has 1 heterocycles. The second kappa shape index (κ2) is 6.86. The van der Waals surface area contributed by atoms with Crippen LogP contribution in [0.25, 0.3) is 0 Å². The Morgan fingerprint density at radius 2 is 1.54 bits per heavy atom. The molecule has 0 aromatic rings. The molecule has 0 unspecified atom stereocenters. The van der Waals surface area contributed by atoms with Crippen LogP contribution in [0.2, 0.25) is 0 Å². The molecule has 6 fully saturated rings. The highest BCUT2D eigenvalue weighted by Crippen LogP contribution is 2.80. The number of fused-ring (bicyclic) bond motifs is 5. The summed E-state index contributed by atoms with van der Waals surface area (Å²) < 4.78 is 6.68. The first kappa shape index (κ1) is 24.7. The van der Waals surface area contributed by atoms with E-state index in [-0.39, 0.29) is 34.2 Å². The van der Waals surface area contributed by atoms with Gasteiger partial charge in [-0.3, -0.25) is 0 Å². The fourth-order valence-electron chi connectivity index (χ4n) is 12.5. The average molecular weight is 484 g/mol. The SMILES string of the molecule is CC1(C)CC[C@]23CC[C@]4(C)[C@H](CC[C@@H]5[C@]6(C)[C@@H](CC[C@]54C)C(C)(C)[C@@](O)(CO)[C@H]6C#N)[C@H]2[C@H]1OC3. The molecule has 196 valence electrons. The van der Waals surface area contributed by atoms with Crippen LogP contribution < -0.4 is 0 Å². The number of nitriles is 1. The molecular formula is C31H49NO3. The summed E-state index contributed by atoms with van der Waals surface area (Å²) in [5, 5.41) is 32.8. The van der Waals surface area contributed by atoms with E-state index in [0.717, 1.165) is 19.4 Å². The molecule has 6 aliphatic rings. The van der Waals surface area contributed by atoms with Gasteiger partial charge in [0.2, 0.25) is 0 Å². The zero-order chi connectivity index (χ0) is 25.4. The normalized spacial score (nSPS) is 59.5. The van der Waals surface area contributed by atoms with E-state index in [0.29, 0.717) is 29.3 Å². The summed E-state index contributed by atoms with van der Waals surface area (Å²) in [6.07, 6.45) is 10.1. The van der Waals surface area contributed by atoms with E-state index < -0.39 is 16.9 Å². The summed E-state index contributed by atoms with van der Waals surface area (Å²) in [6, 6.07) is 2.58. The molecule has 5 saturated carbocycles. The van der Waals surface area contributed by atoms with Gasteiger partial charge in [-0.2, -0.15) is 5.26 Å². The van der Waals surface area contributed by atoms with Gasteiger partial charge < -0.3 is 14.9 Å². The van der Waals surface area contributed by atoms with E-state index in [1.165, 1.54) is 38.5 Å². The molecule has 2 bridgehead atoms. The molecule has 0 aromatic carbocycles. The van der Waals surface area contributed by atoms with Crippen molar-refractivity contribution in [1.82, 2.24) is 0 Å². The van der Waals surface area contributed by atoms with Crippen LogP contribution in [0.3, 0.4) is 0 Å². The molecule has 6 rings (SSSR count). The fourth-order valence-corrected chi connectivity index (χ4v) is 12.5. The highest BCUT2D eigenvalue weighted by molar-refractivity contribution is 5.29. The molecule has 4 heteroatoms. The summed E-state index contributed by atoms with van der Waals surface area (Å²) in [4.78, 5) is 0. The molecule has 11 atom stereocenters. The van der Waals surface area contributed by atoms with Gasteiger partial charge >= 0.3 is 0 Å². The number of hydrogen-bond acceptors (Lipinski definition) is 4. The van der Waals surface area contributed by atoms with Crippen LogP contribution in [-0.4, -0.2) is 35.1 Å². The first-order valence-corrected chi connectivity index (χ1v) is 14.5. The fraction of sp³-hybridized carbons (Fsp3) is 0.968. The monoisotopic (exact) mass is 483 g/mol. The standard InChI is InChI=1S/C31H49NO3/c1-25(2)12-14-30-15-13-27(5)19(23(30)24(25)35-18-30)8-9-21-28(27,6)11-10-20-26(3,4)31(34,17-33)22(16-32)29(20,21)7/h19-24,33-34H,8-15,17-18H2,1-7H3/t19-,20+,21+,22+,23+,24-,27-,28-,29+,30-,31-/m1/s1. The summed E-state index contributed by atoms with van der Waals surface area (Å²) in [5.74, 6) is 1.44. The van der Waals surface area contributed by atoms with Crippen LogP contribution in [-0.2, 0) is 4.74 Å². The molecule has 4 nitrogen and oxygen atoms in total. The van der Waals surface area contributed by atoms with Crippen LogP contribution >= 0.6 is 0 Å². The van der Waals surface area contributed by atoms with Gasteiger partial charge in [0, 0.05) is 5.41 Å². The van der Waals surface area contributed by atoms with Crippen molar-refractivity contribution in [2.45, 2.75) is 112 Å². The zero-order valence-electron chi connectivity index (χ0n) is 23.3. The van der Waals surface area contributed by atoms with Crippen LogP contribution in [0, 0.1) is 73.4 Å². The molecule has 0 spiro atoms. The lowest BCUT2D eigenvalue weighted by molar-refractivity contribution is -0.229. The predicted octanol–water partition coefficient (Wildman–Crippen LogP) is 5.96. The van der Waals surface area contributed by atoms with Gasteiger partial charge in [-0.25, -0.2) is 0 Å². The van der Waals surface area contributed by atoms with Crippen molar-refractivity contribution in [3.63, 3.8) is 0 Å². The molecule has 1 aliphatic heterocycles. The van der Waals surface area contributed by atoms with Gasteiger partial charge in [-0.15, -0.1) is 0 Å². The Morgan fingerprint density at radius 1 is 0.857 bits per heavy atom. The summed E-state index contributed by atoms with van der Waals surface area (Å²) >= 11 is 0. The Morgan fingerprint density at radius 3 is 2.20 bits per heavy atom. The molecule has 2 N–H and O–H groups in total. The molecule has 0 radical (unpaired) electrons. The van der Waals surface area contributed by atoms with Crippen molar-refractivity contribution in [2.24, 2.45) is 62.1 Å². The van der Waals surface area contributed by atoms with Crippen molar-refractivity contribution in [3.05, 3.63) is 0 Å². The Bertz CT molecular complexity index is 969. The van der Waals surface area contributed by atoms with E-state index in [4.69, 9.17) is 4.74 Å². The average Bonchev–Trinajstić information content (AvgIpc) is 3.19. The van der Waals surface area contributed by atoms with Crippen LogP contribution in [0.4, 0.5) is 0 Å². The second-order valence-corrected chi connectivity index (χ2v) is 16.0. The third-order valence-electron chi connectivity index (χ3n) is 14.8. The maximum absolute atomic E-state index is 11.9. The van der Waals surface area contributed by atoms with Gasteiger partial charge in [-0.1, -0.05) is 48.5 Å². The smallest absolute Gasteiger partial charge is 0.109 e. The lowest BCUT2D eigenvalue weighted by Crippen LogP contribution is -2.66. The van der Waals surface area contributed by atoms with Crippen LogP contribution in [0.15, 0.2) is 0 Å². The van der Waals surface area contributed by atoms with Crippen molar-refractivity contribution < 1.29 is 14.9 Å². The van der Waals surface area contributed by atoms with Gasteiger partial charge in [0.25, 0.3) is 0 Å². The summed E-state index contributed by atoms with van der Waals surface area (Å²) in [5.41, 5.74) is -1.11. The Kier molecular flexibility index (Phi) is 4.84. The molecule has 0 aromatic heterocycles. The predicted molar refractivity (Wildman–Crippen MR) is 136 cm³/mol. The highest BCUT2D eigenvalue weighted by atomic mass is 16.5. The maximum Gasteiger partial charge on any atom is 0.109 e. The minimum absolute atomic E-state index is 0.135.